The normalized spacial score (nSPS) is 14.0. The van der Waals surface area contributed by atoms with Gasteiger partial charge in [0.05, 0.1) is 0 Å². The minimum absolute atomic E-state index is 0.177. The summed E-state index contributed by atoms with van der Waals surface area (Å²) in [6.07, 6.45) is 1.60. The van der Waals surface area contributed by atoms with Crippen molar-refractivity contribution < 1.29 is 0 Å². The van der Waals surface area contributed by atoms with Gasteiger partial charge in [-0.15, -0.1) is 11.6 Å². The number of aliphatic imine (C=N–C) groups is 2. The third-order valence-electron chi connectivity index (χ3n) is 1.68. The number of allylic oxidation sites excluding steroid dienone is 2. The van der Waals surface area contributed by atoms with Gasteiger partial charge in [0.2, 0.25) is 0 Å². The van der Waals surface area contributed by atoms with E-state index < -0.39 is 0 Å². The molecule has 0 aliphatic heterocycles. The van der Waals surface area contributed by atoms with Gasteiger partial charge < -0.3 is 0 Å². The lowest BCUT2D eigenvalue weighted by Crippen LogP contribution is -1.98. The Balaban J connectivity index is 4.95. The van der Waals surface area contributed by atoms with Gasteiger partial charge in [0.25, 0.3) is 0 Å². The van der Waals surface area contributed by atoms with Crippen molar-refractivity contribution in [1.29, 1.82) is 0 Å². The fourth-order valence-corrected chi connectivity index (χ4v) is 1.52. The van der Waals surface area contributed by atoms with Crippen molar-refractivity contribution in [3.8, 4) is 0 Å². The molecule has 0 radical (unpaired) electrons. The molecule has 0 fully saturated rings. The quantitative estimate of drug-likeness (QED) is 0.385. The average Bonchev–Trinajstić information content (AvgIpc) is 2.14. The zero-order valence-corrected chi connectivity index (χ0v) is 9.49. The lowest BCUT2D eigenvalue weighted by atomic mass is 10.1. The number of hydrogen-bond acceptors (Lipinski definition) is 2. The zero-order valence-electron chi connectivity index (χ0n) is 7.98. The summed E-state index contributed by atoms with van der Waals surface area (Å²) in [6.45, 7) is 7.50. The first kappa shape index (κ1) is 12.7. The maximum absolute atomic E-state index is 5.92. The van der Waals surface area contributed by atoms with Crippen molar-refractivity contribution in [2.45, 2.75) is 26.7 Å². The summed E-state index contributed by atoms with van der Waals surface area (Å²) in [5.41, 5.74) is 1.82. The van der Waals surface area contributed by atoms with Crippen molar-refractivity contribution in [3.05, 3.63) is 11.3 Å². The van der Waals surface area contributed by atoms with Crippen LogP contribution in [0.5, 0.6) is 0 Å². The number of alkyl halides is 1. The largest absolute Gasteiger partial charge is 0.269 e. The van der Waals surface area contributed by atoms with Crippen LogP contribution < -0.4 is 0 Å². The van der Waals surface area contributed by atoms with Crippen LogP contribution >= 0.6 is 23.2 Å². The number of nitrogens with zero attached hydrogens (tertiary/aromatic N) is 2. The van der Waals surface area contributed by atoms with Crippen molar-refractivity contribution in [2.75, 3.05) is 6.00 Å². The van der Waals surface area contributed by atoms with Gasteiger partial charge in [-0.25, -0.2) is 0 Å². The van der Waals surface area contributed by atoms with Crippen LogP contribution in [-0.4, -0.2) is 17.9 Å². The summed E-state index contributed by atoms with van der Waals surface area (Å²) in [5, 5.41) is 0.446. The van der Waals surface area contributed by atoms with E-state index in [1.807, 2.05) is 13.8 Å². The van der Waals surface area contributed by atoms with E-state index in [1.165, 1.54) is 0 Å². The Morgan fingerprint density at radius 3 is 2.23 bits per heavy atom. The molecular formula is C9H14Cl2N2. The fraction of sp³-hybridized carbons (Fsp3) is 0.556. The van der Waals surface area contributed by atoms with Crippen LogP contribution in [0.4, 0.5) is 0 Å². The molecule has 0 aromatic carbocycles. The van der Waals surface area contributed by atoms with E-state index in [0.29, 0.717) is 5.17 Å². The summed E-state index contributed by atoms with van der Waals surface area (Å²) in [5.74, 6) is 0. The SMILES string of the molecule is C=N/C(CC)=C(CC)\C(Cl)=N/CCl. The van der Waals surface area contributed by atoms with E-state index >= 15 is 0 Å². The summed E-state index contributed by atoms with van der Waals surface area (Å²) in [6, 6.07) is 0.177. The van der Waals surface area contributed by atoms with Crippen LogP contribution in [0.3, 0.4) is 0 Å². The Labute approximate surface area is 89.4 Å². The zero-order chi connectivity index (χ0) is 10.3. The highest BCUT2D eigenvalue weighted by molar-refractivity contribution is 6.69. The lowest BCUT2D eigenvalue weighted by molar-refractivity contribution is 1.01. The number of halogens is 2. The Kier molecular flexibility index (Phi) is 6.92. The molecule has 0 saturated heterocycles. The fourth-order valence-electron chi connectivity index (χ4n) is 1.04. The Hall–Kier alpha value is -0.340. The van der Waals surface area contributed by atoms with Crippen LogP contribution in [0.25, 0.3) is 0 Å². The maximum Gasteiger partial charge on any atom is 0.129 e. The second-order valence-electron chi connectivity index (χ2n) is 2.36. The highest BCUT2D eigenvalue weighted by Gasteiger charge is 2.06. The van der Waals surface area contributed by atoms with Crippen molar-refractivity contribution in [2.24, 2.45) is 9.98 Å². The minimum atomic E-state index is 0.177. The first-order valence-corrected chi connectivity index (χ1v) is 5.07. The minimum Gasteiger partial charge on any atom is -0.269 e. The standard InChI is InChI=1S/C9H14Cl2N2/c1-4-7(8(5-2)12-3)9(11)13-6-10/h3-6H2,1-2H3/b8-7-,13-9+. The smallest absolute Gasteiger partial charge is 0.129 e. The summed E-state index contributed by atoms with van der Waals surface area (Å²) in [7, 11) is 0. The van der Waals surface area contributed by atoms with E-state index in [1.54, 1.807) is 0 Å². The summed E-state index contributed by atoms with van der Waals surface area (Å²) < 4.78 is 0. The van der Waals surface area contributed by atoms with Gasteiger partial charge in [-0.05, 0) is 19.6 Å². The molecule has 0 amide bonds. The molecule has 0 atom stereocenters. The Morgan fingerprint density at radius 2 is 1.92 bits per heavy atom. The van der Waals surface area contributed by atoms with Crippen molar-refractivity contribution >= 4 is 35.1 Å². The summed E-state index contributed by atoms with van der Waals surface area (Å²) in [4.78, 5) is 7.82. The van der Waals surface area contributed by atoms with Gasteiger partial charge in [-0.2, -0.15) is 0 Å². The van der Waals surface area contributed by atoms with Gasteiger partial charge in [-0.3, -0.25) is 9.98 Å². The van der Waals surface area contributed by atoms with Gasteiger partial charge in [-0.1, -0.05) is 25.4 Å². The summed E-state index contributed by atoms with van der Waals surface area (Å²) >= 11 is 11.4. The monoisotopic (exact) mass is 220 g/mol. The molecule has 0 unspecified atom stereocenters. The molecule has 13 heavy (non-hydrogen) atoms. The van der Waals surface area contributed by atoms with Crippen LogP contribution in [-0.2, 0) is 0 Å². The van der Waals surface area contributed by atoms with Gasteiger partial charge in [0.1, 0.15) is 11.2 Å². The van der Waals surface area contributed by atoms with E-state index in [-0.39, 0.29) is 6.00 Å². The predicted octanol–water partition coefficient (Wildman–Crippen LogP) is 3.59. The molecule has 0 aliphatic rings. The maximum atomic E-state index is 5.92. The van der Waals surface area contributed by atoms with Gasteiger partial charge in [0, 0.05) is 11.3 Å². The highest BCUT2D eigenvalue weighted by Crippen LogP contribution is 2.17. The first-order valence-electron chi connectivity index (χ1n) is 4.16. The van der Waals surface area contributed by atoms with Gasteiger partial charge >= 0.3 is 0 Å². The first-order chi connectivity index (χ1) is 6.21. The molecule has 0 saturated carbocycles. The van der Waals surface area contributed by atoms with Crippen LogP contribution in [0.15, 0.2) is 21.3 Å². The second kappa shape index (κ2) is 7.10. The second-order valence-corrected chi connectivity index (χ2v) is 2.96. The van der Waals surface area contributed by atoms with Gasteiger partial charge in [0.15, 0.2) is 0 Å². The molecule has 0 aromatic heterocycles. The molecule has 4 heteroatoms. The molecule has 0 aromatic rings. The Morgan fingerprint density at radius 1 is 1.31 bits per heavy atom. The Bertz CT molecular complexity index is 232. The molecule has 74 valence electrons. The van der Waals surface area contributed by atoms with Crippen LogP contribution in [0.1, 0.15) is 26.7 Å². The number of hydrogen-bond donors (Lipinski definition) is 0. The van der Waals surface area contributed by atoms with E-state index in [2.05, 4.69) is 16.7 Å². The molecule has 0 aliphatic carbocycles. The molecule has 0 rings (SSSR count). The lowest BCUT2D eigenvalue weighted by Gasteiger charge is -2.05. The topological polar surface area (TPSA) is 24.7 Å². The molecular weight excluding hydrogens is 207 g/mol. The average molecular weight is 221 g/mol. The molecule has 0 heterocycles. The molecule has 0 bridgehead atoms. The number of rotatable bonds is 5. The van der Waals surface area contributed by atoms with E-state index in [9.17, 15) is 0 Å². The van der Waals surface area contributed by atoms with E-state index in [0.717, 1.165) is 24.1 Å². The van der Waals surface area contributed by atoms with Crippen LogP contribution in [0.2, 0.25) is 0 Å². The van der Waals surface area contributed by atoms with E-state index in [4.69, 9.17) is 23.2 Å². The molecule has 0 spiro atoms. The molecule has 0 N–H and O–H groups in total. The van der Waals surface area contributed by atoms with Crippen molar-refractivity contribution in [3.63, 3.8) is 0 Å². The third kappa shape index (κ3) is 3.92. The third-order valence-corrected chi connectivity index (χ3v) is 2.14. The predicted molar refractivity (Wildman–Crippen MR) is 61.2 cm³/mol. The molecule has 2 nitrogen and oxygen atoms in total. The van der Waals surface area contributed by atoms with Crippen LogP contribution in [0, 0.1) is 0 Å². The highest BCUT2D eigenvalue weighted by atomic mass is 35.5. The van der Waals surface area contributed by atoms with Crippen molar-refractivity contribution in [1.82, 2.24) is 0 Å².